The van der Waals surface area contributed by atoms with Crippen LogP contribution in [0.3, 0.4) is 0 Å². The molecule has 1 aliphatic carbocycles. The molecule has 4 rings (SSSR count). The van der Waals surface area contributed by atoms with E-state index < -0.39 is 9.84 Å². The molecule has 0 saturated heterocycles. The number of aromatic nitrogens is 3. The zero-order valence-electron chi connectivity index (χ0n) is 14.2. The average Bonchev–Trinajstić information content (AvgIpc) is 3.30. The molecule has 2 heterocycles. The van der Waals surface area contributed by atoms with Gasteiger partial charge in [-0.05, 0) is 24.5 Å². The Morgan fingerprint density at radius 3 is 2.81 bits per heavy atom. The monoisotopic (exact) mass is 370 g/mol. The largest absolute Gasteiger partial charge is 0.367 e. The Morgan fingerprint density at radius 1 is 1.31 bits per heavy atom. The third-order valence-corrected chi connectivity index (χ3v) is 5.06. The van der Waals surface area contributed by atoms with Crippen molar-refractivity contribution in [3.8, 4) is 11.3 Å². The van der Waals surface area contributed by atoms with Crippen LogP contribution in [0.4, 0.5) is 5.82 Å². The number of carbonyl (C=O) groups excluding carboxylic acids is 1. The summed E-state index contributed by atoms with van der Waals surface area (Å²) in [7, 11) is -3.12. The standard InChI is InChI=1S/C18H18N4O3S/c1-26(24,25)11-12-3-2-4-13(7-12)16-8-17(20-15-5-6-15)22-18(21-16)14(10-23)9-19-22/h2-4,7-10,15,20H,5-6,11H2,1H3. The van der Waals surface area contributed by atoms with Crippen molar-refractivity contribution in [1.82, 2.24) is 14.6 Å². The fourth-order valence-corrected chi connectivity index (χ4v) is 3.66. The second-order valence-electron chi connectivity index (χ2n) is 6.67. The molecule has 0 bridgehead atoms. The smallest absolute Gasteiger partial charge is 0.168 e. The lowest BCUT2D eigenvalue weighted by Gasteiger charge is -2.11. The molecule has 1 saturated carbocycles. The number of rotatable bonds is 6. The maximum atomic E-state index is 11.6. The number of hydrogen-bond acceptors (Lipinski definition) is 6. The van der Waals surface area contributed by atoms with Crippen molar-refractivity contribution in [2.24, 2.45) is 0 Å². The van der Waals surface area contributed by atoms with Crippen LogP contribution in [-0.4, -0.2) is 41.6 Å². The van der Waals surface area contributed by atoms with E-state index in [2.05, 4.69) is 15.4 Å². The Bertz CT molecular complexity index is 1100. The fraction of sp³-hybridized carbons (Fsp3) is 0.278. The van der Waals surface area contributed by atoms with Gasteiger partial charge < -0.3 is 5.32 Å². The van der Waals surface area contributed by atoms with Gasteiger partial charge in [-0.15, -0.1) is 0 Å². The normalized spacial score (nSPS) is 14.5. The van der Waals surface area contributed by atoms with Gasteiger partial charge in [0.05, 0.1) is 23.2 Å². The number of fused-ring (bicyclic) bond motifs is 1. The van der Waals surface area contributed by atoms with Gasteiger partial charge in [0.25, 0.3) is 0 Å². The Labute approximate surface area is 151 Å². The molecule has 1 aromatic carbocycles. The molecular formula is C18H18N4O3S. The summed E-state index contributed by atoms with van der Waals surface area (Å²) in [6.07, 6.45) is 5.65. The zero-order chi connectivity index (χ0) is 18.3. The molecule has 134 valence electrons. The quantitative estimate of drug-likeness (QED) is 0.670. The lowest BCUT2D eigenvalue weighted by atomic mass is 10.1. The van der Waals surface area contributed by atoms with Crippen molar-refractivity contribution in [2.45, 2.75) is 24.6 Å². The summed E-state index contributed by atoms with van der Waals surface area (Å²) in [6, 6.07) is 9.58. The first-order valence-electron chi connectivity index (χ1n) is 8.30. The summed E-state index contributed by atoms with van der Waals surface area (Å²) in [5, 5.41) is 7.66. The topological polar surface area (TPSA) is 93.4 Å². The molecule has 7 nitrogen and oxygen atoms in total. The number of anilines is 1. The van der Waals surface area contributed by atoms with E-state index in [1.54, 1.807) is 10.6 Å². The lowest BCUT2D eigenvalue weighted by molar-refractivity contribution is 0.112. The second-order valence-corrected chi connectivity index (χ2v) is 8.81. The number of sulfone groups is 1. The van der Waals surface area contributed by atoms with Crippen LogP contribution in [0.5, 0.6) is 0 Å². The van der Waals surface area contributed by atoms with E-state index in [9.17, 15) is 13.2 Å². The van der Waals surface area contributed by atoms with Crippen LogP contribution < -0.4 is 5.32 Å². The van der Waals surface area contributed by atoms with Gasteiger partial charge in [-0.25, -0.2) is 13.4 Å². The fourth-order valence-electron chi connectivity index (χ4n) is 2.87. The molecule has 1 N–H and O–H groups in total. The van der Waals surface area contributed by atoms with Crippen molar-refractivity contribution in [2.75, 3.05) is 11.6 Å². The van der Waals surface area contributed by atoms with E-state index in [0.717, 1.165) is 30.5 Å². The summed E-state index contributed by atoms with van der Waals surface area (Å²) >= 11 is 0. The summed E-state index contributed by atoms with van der Waals surface area (Å²) < 4.78 is 24.8. The Morgan fingerprint density at radius 2 is 2.12 bits per heavy atom. The van der Waals surface area contributed by atoms with Crippen LogP contribution in [-0.2, 0) is 15.6 Å². The van der Waals surface area contributed by atoms with Gasteiger partial charge in [0.1, 0.15) is 5.82 Å². The zero-order valence-corrected chi connectivity index (χ0v) is 15.0. The van der Waals surface area contributed by atoms with Crippen molar-refractivity contribution in [3.05, 3.63) is 47.7 Å². The highest BCUT2D eigenvalue weighted by Crippen LogP contribution is 2.29. The molecular weight excluding hydrogens is 352 g/mol. The van der Waals surface area contributed by atoms with Crippen LogP contribution in [0.2, 0.25) is 0 Å². The van der Waals surface area contributed by atoms with Gasteiger partial charge in [-0.3, -0.25) is 4.79 Å². The molecule has 8 heteroatoms. The maximum Gasteiger partial charge on any atom is 0.168 e. The molecule has 0 amide bonds. The molecule has 0 aliphatic heterocycles. The first kappa shape index (κ1) is 16.7. The highest BCUT2D eigenvalue weighted by Gasteiger charge is 2.23. The SMILES string of the molecule is CS(=O)(=O)Cc1cccc(-c2cc(NC3CC3)n3ncc(C=O)c3n2)c1. The second kappa shape index (κ2) is 6.21. The van der Waals surface area contributed by atoms with Crippen molar-refractivity contribution >= 4 is 27.6 Å². The number of aldehydes is 1. The summed E-state index contributed by atoms with van der Waals surface area (Å²) in [5.41, 5.74) is 3.06. The minimum absolute atomic E-state index is 0.0253. The Hall–Kier alpha value is -2.74. The summed E-state index contributed by atoms with van der Waals surface area (Å²) in [6.45, 7) is 0. The molecule has 0 radical (unpaired) electrons. The van der Waals surface area contributed by atoms with E-state index in [-0.39, 0.29) is 5.75 Å². The average molecular weight is 370 g/mol. The summed E-state index contributed by atoms with van der Waals surface area (Å²) in [4.78, 5) is 15.9. The summed E-state index contributed by atoms with van der Waals surface area (Å²) in [5.74, 6) is 0.747. The number of hydrogen-bond donors (Lipinski definition) is 1. The predicted molar refractivity (Wildman–Crippen MR) is 99.0 cm³/mol. The Balaban J connectivity index is 1.83. The van der Waals surface area contributed by atoms with E-state index in [0.29, 0.717) is 28.5 Å². The van der Waals surface area contributed by atoms with E-state index in [4.69, 9.17) is 0 Å². The Kier molecular flexibility index (Phi) is 3.99. The van der Waals surface area contributed by atoms with Gasteiger partial charge in [-0.2, -0.15) is 9.61 Å². The van der Waals surface area contributed by atoms with Crippen molar-refractivity contribution < 1.29 is 13.2 Å². The van der Waals surface area contributed by atoms with Crippen LogP contribution in [0.1, 0.15) is 28.8 Å². The third kappa shape index (κ3) is 3.45. The van der Waals surface area contributed by atoms with E-state index in [1.165, 1.54) is 12.5 Å². The highest BCUT2D eigenvalue weighted by molar-refractivity contribution is 7.89. The minimum atomic E-state index is -3.12. The number of nitrogens with one attached hydrogen (secondary N) is 1. The molecule has 2 aromatic heterocycles. The van der Waals surface area contributed by atoms with Crippen LogP contribution in [0.15, 0.2) is 36.5 Å². The van der Waals surface area contributed by atoms with Gasteiger partial charge in [0.2, 0.25) is 0 Å². The van der Waals surface area contributed by atoms with Gasteiger partial charge in [-0.1, -0.05) is 18.2 Å². The third-order valence-electron chi connectivity index (χ3n) is 4.21. The van der Waals surface area contributed by atoms with Gasteiger partial charge in [0, 0.05) is 23.9 Å². The molecule has 26 heavy (non-hydrogen) atoms. The van der Waals surface area contributed by atoms with Gasteiger partial charge >= 0.3 is 0 Å². The van der Waals surface area contributed by atoms with Crippen LogP contribution >= 0.6 is 0 Å². The maximum absolute atomic E-state index is 11.6. The first-order valence-corrected chi connectivity index (χ1v) is 10.4. The van der Waals surface area contributed by atoms with Crippen LogP contribution in [0, 0.1) is 0 Å². The minimum Gasteiger partial charge on any atom is -0.367 e. The van der Waals surface area contributed by atoms with Crippen molar-refractivity contribution in [3.63, 3.8) is 0 Å². The van der Waals surface area contributed by atoms with E-state index >= 15 is 0 Å². The molecule has 1 fully saturated rings. The lowest BCUT2D eigenvalue weighted by Crippen LogP contribution is -2.08. The molecule has 0 atom stereocenters. The number of nitrogens with zero attached hydrogens (tertiary/aromatic N) is 3. The highest BCUT2D eigenvalue weighted by atomic mass is 32.2. The predicted octanol–water partition coefficient (Wildman–Crippen LogP) is 2.33. The number of benzene rings is 1. The van der Waals surface area contributed by atoms with Crippen LogP contribution in [0.25, 0.3) is 16.9 Å². The van der Waals surface area contributed by atoms with Gasteiger partial charge in [0.15, 0.2) is 21.8 Å². The van der Waals surface area contributed by atoms with Crippen molar-refractivity contribution in [1.29, 1.82) is 0 Å². The number of carbonyl (C=O) groups is 1. The molecule has 1 aliphatic rings. The first-order chi connectivity index (χ1) is 12.4. The molecule has 0 spiro atoms. The van der Waals surface area contributed by atoms with E-state index in [1.807, 2.05) is 24.3 Å². The molecule has 3 aromatic rings. The molecule has 0 unspecified atom stereocenters.